The third-order valence-electron chi connectivity index (χ3n) is 4.61. The number of hydrogen-bond donors (Lipinski definition) is 0. The lowest BCUT2D eigenvalue weighted by molar-refractivity contribution is 0.0600. The van der Waals surface area contributed by atoms with E-state index < -0.39 is 11.8 Å². The number of hydrogen-bond acceptors (Lipinski definition) is 5. The van der Waals surface area contributed by atoms with Crippen LogP contribution < -0.4 is 9.47 Å². The van der Waals surface area contributed by atoms with Gasteiger partial charge in [-0.15, -0.1) is 0 Å². The van der Waals surface area contributed by atoms with E-state index in [0.717, 1.165) is 5.56 Å². The zero-order chi connectivity index (χ0) is 21.1. The average Bonchev–Trinajstić information content (AvgIpc) is 3.08. The van der Waals surface area contributed by atoms with Crippen LogP contribution in [0, 0.1) is 5.82 Å². The fourth-order valence-corrected chi connectivity index (χ4v) is 3.01. The highest BCUT2D eigenvalue weighted by molar-refractivity contribution is 6.14. The lowest BCUT2D eigenvalue weighted by Gasteiger charge is -2.08. The van der Waals surface area contributed by atoms with Gasteiger partial charge in [-0.25, -0.2) is 9.18 Å². The first-order chi connectivity index (χ1) is 14.5. The third kappa shape index (κ3) is 3.93. The summed E-state index contributed by atoms with van der Waals surface area (Å²) in [5.41, 5.74) is 1.99. The number of rotatable bonds is 5. The summed E-state index contributed by atoms with van der Waals surface area (Å²) in [5.74, 6) is -0.197. The first-order valence-electron chi connectivity index (χ1n) is 9.18. The van der Waals surface area contributed by atoms with Crippen molar-refractivity contribution in [1.82, 2.24) is 0 Å². The Balaban J connectivity index is 1.46. The second-order valence-corrected chi connectivity index (χ2v) is 6.60. The van der Waals surface area contributed by atoms with Gasteiger partial charge in [-0.05, 0) is 42.0 Å². The van der Waals surface area contributed by atoms with Gasteiger partial charge in [0.2, 0.25) is 5.78 Å². The van der Waals surface area contributed by atoms with Crippen molar-refractivity contribution in [3.8, 4) is 11.5 Å². The van der Waals surface area contributed by atoms with Gasteiger partial charge in [0.15, 0.2) is 5.76 Å². The van der Waals surface area contributed by atoms with Crippen molar-refractivity contribution in [2.75, 3.05) is 7.11 Å². The number of methoxy groups -OCH3 is 1. The molecular weight excluding hydrogens is 387 g/mol. The highest BCUT2D eigenvalue weighted by Gasteiger charge is 2.28. The number of carbonyl (C=O) groups excluding carboxylic acids is 2. The lowest BCUT2D eigenvalue weighted by Crippen LogP contribution is -2.02. The minimum Gasteiger partial charge on any atom is -0.489 e. The fraction of sp³-hybridized carbons (Fsp3) is 0.0833. The van der Waals surface area contributed by atoms with E-state index >= 15 is 0 Å². The van der Waals surface area contributed by atoms with Crippen molar-refractivity contribution in [2.45, 2.75) is 6.61 Å². The number of benzene rings is 3. The van der Waals surface area contributed by atoms with Gasteiger partial charge in [0.25, 0.3) is 0 Å². The van der Waals surface area contributed by atoms with Crippen LogP contribution in [0.25, 0.3) is 6.08 Å². The topological polar surface area (TPSA) is 61.8 Å². The van der Waals surface area contributed by atoms with Crippen LogP contribution in [-0.2, 0) is 11.3 Å². The Morgan fingerprint density at radius 1 is 1.07 bits per heavy atom. The van der Waals surface area contributed by atoms with Gasteiger partial charge < -0.3 is 14.2 Å². The van der Waals surface area contributed by atoms with Crippen LogP contribution in [0.2, 0.25) is 0 Å². The summed E-state index contributed by atoms with van der Waals surface area (Å²) in [6.45, 7) is 0.270. The molecule has 0 amide bonds. The van der Waals surface area contributed by atoms with Crippen LogP contribution in [0.1, 0.15) is 31.8 Å². The Morgan fingerprint density at radius 2 is 1.83 bits per heavy atom. The van der Waals surface area contributed by atoms with Crippen molar-refractivity contribution < 1.29 is 28.2 Å². The van der Waals surface area contributed by atoms with Crippen LogP contribution in [0.3, 0.4) is 0 Å². The quantitative estimate of drug-likeness (QED) is 0.451. The first kappa shape index (κ1) is 19.4. The van der Waals surface area contributed by atoms with Gasteiger partial charge in [-0.2, -0.15) is 0 Å². The van der Waals surface area contributed by atoms with E-state index in [1.165, 1.54) is 19.3 Å². The van der Waals surface area contributed by atoms with Crippen LogP contribution in [0.4, 0.5) is 4.39 Å². The van der Waals surface area contributed by atoms with Crippen molar-refractivity contribution in [3.05, 3.63) is 101 Å². The summed E-state index contributed by atoms with van der Waals surface area (Å²) in [5, 5.41) is 0. The van der Waals surface area contributed by atoms with Crippen LogP contribution in [-0.4, -0.2) is 18.9 Å². The van der Waals surface area contributed by atoms with Crippen molar-refractivity contribution in [2.24, 2.45) is 0 Å². The monoisotopic (exact) mass is 404 g/mol. The van der Waals surface area contributed by atoms with Gasteiger partial charge in [0, 0.05) is 11.6 Å². The number of esters is 1. The Morgan fingerprint density at radius 3 is 2.57 bits per heavy atom. The van der Waals surface area contributed by atoms with E-state index in [0.29, 0.717) is 22.6 Å². The predicted octanol–water partition coefficient (Wildman–Crippen LogP) is 4.81. The predicted molar refractivity (Wildman–Crippen MR) is 108 cm³/mol. The van der Waals surface area contributed by atoms with Crippen molar-refractivity contribution in [1.29, 1.82) is 0 Å². The lowest BCUT2D eigenvalue weighted by atomic mass is 10.1. The van der Waals surface area contributed by atoms with Gasteiger partial charge in [0.05, 0.1) is 18.2 Å². The normalized spacial score (nSPS) is 13.7. The SMILES string of the molecule is COC(=O)c1ccc(COc2ccc3c(c2)OC(=Cc2ccccc2F)C3=O)cc1. The Bertz CT molecular complexity index is 1150. The number of ether oxygens (including phenoxy) is 3. The highest BCUT2D eigenvalue weighted by Crippen LogP contribution is 2.35. The molecule has 150 valence electrons. The van der Waals surface area contributed by atoms with E-state index in [4.69, 9.17) is 9.47 Å². The molecule has 3 aromatic carbocycles. The number of fused-ring (bicyclic) bond motifs is 1. The fourth-order valence-electron chi connectivity index (χ4n) is 3.01. The maximum absolute atomic E-state index is 13.9. The molecular formula is C24H17FO5. The Hall–Kier alpha value is -3.93. The van der Waals surface area contributed by atoms with E-state index in [-0.39, 0.29) is 23.7 Å². The molecule has 1 aliphatic rings. The molecule has 30 heavy (non-hydrogen) atoms. The molecule has 3 aromatic rings. The molecule has 0 bridgehead atoms. The summed E-state index contributed by atoms with van der Waals surface area (Å²) in [6, 6.07) is 17.9. The van der Waals surface area contributed by atoms with Crippen molar-refractivity contribution >= 4 is 17.8 Å². The van der Waals surface area contributed by atoms with Crippen molar-refractivity contribution in [3.63, 3.8) is 0 Å². The Kier molecular flexibility index (Phi) is 5.30. The number of allylic oxidation sites excluding steroid dienone is 1. The smallest absolute Gasteiger partial charge is 0.337 e. The molecule has 0 atom stereocenters. The molecule has 0 aliphatic carbocycles. The van der Waals surface area contributed by atoms with Crippen LogP contribution >= 0.6 is 0 Å². The zero-order valence-electron chi connectivity index (χ0n) is 16.1. The standard InChI is InChI=1S/C24H17FO5/c1-28-24(27)16-8-6-15(7-9-16)14-29-18-10-11-19-21(13-18)30-22(23(19)26)12-17-4-2-3-5-20(17)25/h2-13H,14H2,1H3. The number of ketones is 1. The molecule has 0 aromatic heterocycles. The molecule has 0 N–H and O–H groups in total. The summed E-state index contributed by atoms with van der Waals surface area (Å²) in [7, 11) is 1.33. The molecule has 1 heterocycles. The zero-order valence-corrected chi connectivity index (χ0v) is 16.1. The molecule has 0 fully saturated rings. The Labute approximate surface area is 172 Å². The maximum Gasteiger partial charge on any atom is 0.337 e. The molecule has 6 heteroatoms. The van der Waals surface area contributed by atoms with Crippen LogP contribution in [0.15, 0.2) is 72.5 Å². The second kappa shape index (κ2) is 8.21. The second-order valence-electron chi connectivity index (χ2n) is 6.60. The number of carbonyl (C=O) groups is 2. The largest absolute Gasteiger partial charge is 0.489 e. The molecule has 0 saturated carbocycles. The molecule has 4 rings (SSSR count). The highest BCUT2D eigenvalue weighted by atomic mass is 19.1. The van der Waals surface area contributed by atoms with E-state index in [9.17, 15) is 14.0 Å². The molecule has 0 spiro atoms. The van der Waals surface area contributed by atoms with Gasteiger partial charge in [-0.1, -0.05) is 30.3 Å². The van der Waals surface area contributed by atoms with Gasteiger partial charge in [-0.3, -0.25) is 4.79 Å². The van der Waals surface area contributed by atoms with Gasteiger partial charge >= 0.3 is 5.97 Å². The molecule has 5 nitrogen and oxygen atoms in total. The third-order valence-corrected chi connectivity index (χ3v) is 4.61. The number of halogens is 1. The van der Waals surface area contributed by atoms with Crippen LogP contribution in [0.5, 0.6) is 11.5 Å². The van der Waals surface area contributed by atoms with Gasteiger partial charge in [0.1, 0.15) is 23.9 Å². The molecule has 0 radical (unpaired) electrons. The van der Waals surface area contributed by atoms with E-state index in [1.54, 1.807) is 60.7 Å². The average molecular weight is 404 g/mol. The number of Topliss-reactive ketones (excluding diaryl/α,β-unsaturated/α-hetero) is 1. The summed E-state index contributed by atoms with van der Waals surface area (Å²) < 4.78 is 29.9. The van der Waals surface area contributed by atoms with E-state index in [2.05, 4.69) is 4.74 Å². The minimum atomic E-state index is -0.431. The van der Waals surface area contributed by atoms with E-state index in [1.807, 2.05) is 0 Å². The molecule has 0 saturated heterocycles. The molecule has 0 unspecified atom stereocenters. The summed E-state index contributed by atoms with van der Waals surface area (Å²) in [6.07, 6.45) is 1.39. The minimum absolute atomic E-state index is 0.0608. The maximum atomic E-state index is 13.9. The summed E-state index contributed by atoms with van der Waals surface area (Å²) >= 11 is 0. The first-order valence-corrected chi connectivity index (χ1v) is 9.18. The summed E-state index contributed by atoms with van der Waals surface area (Å²) in [4.78, 5) is 24.0. The molecule has 1 aliphatic heterocycles.